The van der Waals surface area contributed by atoms with Crippen molar-refractivity contribution in [2.24, 2.45) is 7.05 Å². The highest BCUT2D eigenvalue weighted by molar-refractivity contribution is 5.51. The van der Waals surface area contributed by atoms with Gasteiger partial charge in [-0.05, 0) is 25.8 Å². The molecule has 0 saturated carbocycles. The van der Waals surface area contributed by atoms with E-state index in [-0.39, 0.29) is 12.0 Å². The van der Waals surface area contributed by atoms with E-state index in [2.05, 4.69) is 32.0 Å². The molecule has 1 aliphatic rings. The van der Waals surface area contributed by atoms with E-state index in [0.29, 0.717) is 5.82 Å². The van der Waals surface area contributed by atoms with E-state index in [1.165, 1.54) is 11.3 Å². The number of rotatable bonds is 3. The van der Waals surface area contributed by atoms with E-state index in [4.69, 9.17) is 5.73 Å². The molecule has 0 spiro atoms. The molecule has 0 amide bonds. The number of nitrogens with two attached hydrogens (primary N) is 1. The smallest absolute Gasteiger partial charge is 0.224 e. The topological polar surface area (TPSA) is 90.7 Å². The number of aryl methyl sites for hydroxylation is 1. The van der Waals surface area contributed by atoms with Gasteiger partial charge in [-0.15, -0.1) is 0 Å². The van der Waals surface area contributed by atoms with Crippen LogP contribution in [0.4, 0.5) is 11.8 Å². The lowest BCUT2D eigenvalue weighted by atomic mass is 10.1. The maximum absolute atomic E-state index is 5.94. The average molecular weight is 324 g/mol. The molecule has 1 atom stereocenters. The summed E-state index contributed by atoms with van der Waals surface area (Å²) >= 11 is 0. The Bertz CT molecular complexity index is 851. The number of hydrogen-bond acceptors (Lipinski definition) is 6. The molecule has 3 aromatic rings. The van der Waals surface area contributed by atoms with E-state index in [1.54, 1.807) is 10.9 Å². The SMILES string of the molecule is Cc1c(C2CCCN2c2cc(-n3cccn3)nc(N)n2)cnn1C. The second-order valence-corrected chi connectivity index (χ2v) is 6.05. The van der Waals surface area contributed by atoms with Crippen molar-refractivity contribution >= 4 is 11.8 Å². The number of hydrogen-bond donors (Lipinski definition) is 1. The summed E-state index contributed by atoms with van der Waals surface area (Å²) in [6, 6.07) is 4.06. The molecule has 1 saturated heterocycles. The van der Waals surface area contributed by atoms with Crippen molar-refractivity contribution in [1.82, 2.24) is 29.5 Å². The zero-order valence-corrected chi connectivity index (χ0v) is 13.8. The normalized spacial score (nSPS) is 17.6. The summed E-state index contributed by atoms with van der Waals surface area (Å²) in [5.74, 6) is 1.77. The Kier molecular flexibility index (Phi) is 3.44. The summed E-state index contributed by atoms with van der Waals surface area (Å²) in [6.07, 6.45) is 7.71. The van der Waals surface area contributed by atoms with Crippen molar-refractivity contribution < 1.29 is 0 Å². The lowest BCUT2D eigenvalue weighted by Crippen LogP contribution is -2.25. The monoisotopic (exact) mass is 324 g/mol. The van der Waals surface area contributed by atoms with E-state index in [1.807, 2.05) is 36.3 Å². The second kappa shape index (κ2) is 5.63. The molecule has 0 aromatic carbocycles. The quantitative estimate of drug-likeness (QED) is 0.787. The maximum atomic E-state index is 5.94. The lowest BCUT2D eigenvalue weighted by molar-refractivity contribution is 0.692. The highest BCUT2D eigenvalue weighted by Gasteiger charge is 2.30. The standard InChI is InChI=1S/C16H20N8/c1-11-12(10-19-22(11)2)13-5-3-7-23(13)14-9-15(21-16(17)20-14)24-8-4-6-18-24/h4,6,8-10,13H,3,5,7H2,1-2H3,(H2,17,20,21). The van der Waals surface area contributed by atoms with Crippen molar-refractivity contribution in [1.29, 1.82) is 0 Å². The van der Waals surface area contributed by atoms with E-state index >= 15 is 0 Å². The van der Waals surface area contributed by atoms with Gasteiger partial charge in [0, 0.05) is 43.3 Å². The molecule has 3 aromatic heterocycles. The van der Waals surface area contributed by atoms with Crippen LogP contribution in [0, 0.1) is 6.92 Å². The minimum absolute atomic E-state index is 0.256. The van der Waals surface area contributed by atoms with Crippen molar-refractivity contribution in [3.8, 4) is 5.82 Å². The third-order valence-corrected chi connectivity index (χ3v) is 4.63. The lowest BCUT2D eigenvalue weighted by Gasteiger charge is -2.26. The van der Waals surface area contributed by atoms with Gasteiger partial charge in [0.25, 0.3) is 0 Å². The molecular formula is C16H20N8. The first-order chi connectivity index (χ1) is 11.6. The third-order valence-electron chi connectivity index (χ3n) is 4.63. The van der Waals surface area contributed by atoms with Gasteiger partial charge in [0.05, 0.1) is 12.2 Å². The number of anilines is 2. The summed E-state index contributed by atoms with van der Waals surface area (Å²) < 4.78 is 3.61. The van der Waals surface area contributed by atoms with Gasteiger partial charge in [-0.25, -0.2) is 4.68 Å². The van der Waals surface area contributed by atoms with Gasteiger partial charge < -0.3 is 10.6 Å². The molecule has 0 radical (unpaired) electrons. The molecule has 4 rings (SSSR count). The van der Waals surface area contributed by atoms with Crippen molar-refractivity contribution in [2.75, 3.05) is 17.2 Å². The Morgan fingerprint density at radius 2 is 2.04 bits per heavy atom. The summed E-state index contributed by atoms with van der Waals surface area (Å²) in [5.41, 5.74) is 8.37. The number of nitrogens with zero attached hydrogens (tertiary/aromatic N) is 7. The predicted octanol–water partition coefficient (Wildman–Crippen LogP) is 1.63. The van der Waals surface area contributed by atoms with Gasteiger partial charge in [0.2, 0.25) is 5.95 Å². The van der Waals surface area contributed by atoms with Gasteiger partial charge in [-0.1, -0.05) is 0 Å². The molecule has 2 N–H and O–H groups in total. The highest BCUT2D eigenvalue weighted by atomic mass is 15.3. The minimum atomic E-state index is 0.256. The van der Waals surface area contributed by atoms with Crippen LogP contribution in [0.25, 0.3) is 5.82 Å². The van der Waals surface area contributed by atoms with Gasteiger partial charge in [-0.2, -0.15) is 20.2 Å². The van der Waals surface area contributed by atoms with Crippen LogP contribution in [-0.2, 0) is 7.05 Å². The van der Waals surface area contributed by atoms with Crippen LogP contribution < -0.4 is 10.6 Å². The summed E-state index contributed by atoms with van der Waals surface area (Å²) in [4.78, 5) is 11.0. The first-order valence-electron chi connectivity index (χ1n) is 8.03. The van der Waals surface area contributed by atoms with E-state index in [9.17, 15) is 0 Å². The van der Waals surface area contributed by atoms with Crippen LogP contribution in [0.3, 0.4) is 0 Å². The van der Waals surface area contributed by atoms with Crippen molar-refractivity contribution in [2.45, 2.75) is 25.8 Å². The minimum Gasteiger partial charge on any atom is -0.368 e. The van der Waals surface area contributed by atoms with Gasteiger partial charge >= 0.3 is 0 Å². The van der Waals surface area contributed by atoms with Crippen LogP contribution in [0.15, 0.2) is 30.7 Å². The van der Waals surface area contributed by atoms with Crippen LogP contribution >= 0.6 is 0 Å². The maximum Gasteiger partial charge on any atom is 0.224 e. The highest BCUT2D eigenvalue weighted by Crippen LogP contribution is 2.36. The Morgan fingerprint density at radius 3 is 2.75 bits per heavy atom. The van der Waals surface area contributed by atoms with E-state index in [0.717, 1.165) is 25.2 Å². The Morgan fingerprint density at radius 1 is 1.21 bits per heavy atom. The van der Waals surface area contributed by atoms with Gasteiger partial charge in [0.15, 0.2) is 5.82 Å². The average Bonchev–Trinajstić information content (AvgIpc) is 3.29. The Hall–Kier alpha value is -2.90. The largest absolute Gasteiger partial charge is 0.368 e. The fraction of sp³-hybridized carbons (Fsp3) is 0.375. The summed E-state index contributed by atoms with van der Waals surface area (Å²) in [7, 11) is 1.97. The summed E-state index contributed by atoms with van der Waals surface area (Å²) in [6.45, 7) is 3.04. The number of aromatic nitrogens is 6. The summed E-state index contributed by atoms with van der Waals surface area (Å²) in [5, 5.41) is 8.61. The fourth-order valence-electron chi connectivity index (χ4n) is 3.32. The Balaban J connectivity index is 1.73. The predicted molar refractivity (Wildman–Crippen MR) is 90.8 cm³/mol. The van der Waals surface area contributed by atoms with Gasteiger partial charge in [-0.3, -0.25) is 4.68 Å². The molecule has 1 fully saturated rings. The second-order valence-electron chi connectivity index (χ2n) is 6.05. The fourth-order valence-corrected chi connectivity index (χ4v) is 3.32. The van der Waals surface area contributed by atoms with Crippen LogP contribution in [-0.4, -0.2) is 36.1 Å². The van der Waals surface area contributed by atoms with Crippen LogP contribution in [0.1, 0.15) is 30.1 Å². The molecule has 8 heteroatoms. The van der Waals surface area contributed by atoms with Crippen molar-refractivity contribution in [3.63, 3.8) is 0 Å². The van der Waals surface area contributed by atoms with Gasteiger partial charge in [0.1, 0.15) is 5.82 Å². The zero-order chi connectivity index (χ0) is 16.7. The van der Waals surface area contributed by atoms with Crippen molar-refractivity contribution in [3.05, 3.63) is 42.0 Å². The first-order valence-corrected chi connectivity index (χ1v) is 8.03. The number of nitrogen functional groups attached to an aromatic ring is 1. The molecule has 24 heavy (non-hydrogen) atoms. The zero-order valence-electron chi connectivity index (χ0n) is 13.8. The molecule has 1 aliphatic heterocycles. The third kappa shape index (κ3) is 2.40. The molecule has 124 valence electrons. The van der Waals surface area contributed by atoms with Crippen LogP contribution in [0.5, 0.6) is 0 Å². The van der Waals surface area contributed by atoms with Crippen LogP contribution in [0.2, 0.25) is 0 Å². The molecule has 1 unspecified atom stereocenters. The first kappa shape index (κ1) is 14.7. The Labute approximate surface area is 139 Å². The van der Waals surface area contributed by atoms with E-state index < -0.39 is 0 Å². The molecule has 4 heterocycles. The molecule has 8 nitrogen and oxygen atoms in total. The molecular weight excluding hydrogens is 304 g/mol. The molecule has 0 aliphatic carbocycles. The molecule has 0 bridgehead atoms.